The number of rotatable bonds is 12. The van der Waals surface area contributed by atoms with E-state index in [1.807, 2.05) is 26.0 Å². The van der Waals surface area contributed by atoms with Gasteiger partial charge in [0.1, 0.15) is 11.6 Å². The molecule has 36 heavy (non-hydrogen) atoms. The second-order valence-corrected chi connectivity index (χ2v) is 9.50. The van der Waals surface area contributed by atoms with Crippen molar-refractivity contribution in [2.24, 2.45) is 0 Å². The molecule has 1 saturated heterocycles. The molecule has 196 valence electrons. The van der Waals surface area contributed by atoms with Crippen LogP contribution in [0.25, 0.3) is 0 Å². The van der Waals surface area contributed by atoms with Crippen molar-refractivity contribution in [1.82, 2.24) is 9.97 Å². The topological polar surface area (TPSA) is 84.9 Å². The van der Waals surface area contributed by atoms with E-state index in [0.29, 0.717) is 11.1 Å². The Labute approximate surface area is 215 Å². The third-order valence-corrected chi connectivity index (χ3v) is 6.44. The van der Waals surface area contributed by atoms with Crippen LogP contribution in [0.1, 0.15) is 86.9 Å². The molecule has 3 heterocycles. The smallest absolute Gasteiger partial charge is 0.339 e. The Balaban J connectivity index is 1.48. The quantitative estimate of drug-likeness (QED) is 0.367. The van der Waals surface area contributed by atoms with Crippen LogP contribution in [0.2, 0.25) is 0 Å². The fourth-order valence-electron chi connectivity index (χ4n) is 4.15. The Hall–Kier alpha value is -3.16. The van der Waals surface area contributed by atoms with Gasteiger partial charge in [-0.15, -0.1) is 0 Å². The zero-order valence-corrected chi connectivity index (χ0v) is 22.1. The second kappa shape index (κ2) is 13.8. The predicted molar refractivity (Wildman–Crippen MR) is 142 cm³/mol. The van der Waals surface area contributed by atoms with Gasteiger partial charge in [-0.2, -0.15) is 0 Å². The summed E-state index contributed by atoms with van der Waals surface area (Å²) in [6.07, 6.45) is 9.01. The first-order valence-corrected chi connectivity index (χ1v) is 13.2. The third kappa shape index (κ3) is 7.93. The summed E-state index contributed by atoms with van der Waals surface area (Å²) in [4.78, 5) is 38.1. The van der Waals surface area contributed by atoms with Gasteiger partial charge in [0, 0.05) is 38.6 Å². The maximum atomic E-state index is 12.3. The number of hydrogen-bond acceptors (Lipinski definition) is 8. The number of esters is 2. The zero-order valence-electron chi connectivity index (χ0n) is 22.1. The molecule has 0 bridgehead atoms. The molecular formula is C28H40N4O4. The Bertz CT molecular complexity index is 877. The summed E-state index contributed by atoms with van der Waals surface area (Å²) in [6, 6.07) is 7.32. The van der Waals surface area contributed by atoms with E-state index in [4.69, 9.17) is 9.47 Å². The molecule has 0 aromatic carbocycles. The molecule has 3 rings (SSSR count). The van der Waals surface area contributed by atoms with Crippen molar-refractivity contribution in [3.05, 3.63) is 47.8 Å². The summed E-state index contributed by atoms with van der Waals surface area (Å²) in [5.41, 5.74) is 0.951. The highest BCUT2D eigenvalue weighted by Crippen LogP contribution is 2.19. The first-order chi connectivity index (χ1) is 17.4. The number of ether oxygens (including phenoxy) is 2. The maximum absolute atomic E-state index is 12.3. The molecule has 0 amide bonds. The average Bonchev–Trinajstić information content (AvgIpc) is 2.91. The number of anilines is 2. The summed E-state index contributed by atoms with van der Waals surface area (Å²) in [5.74, 6) is 1.04. The van der Waals surface area contributed by atoms with E-state index < -0.39 is 0 Å². The molecule has 1 aliphatic rings. The van der Waals surface area contributed by atoms with Gasteiger partial charge in [0.15, 0.2) is 0 Å². The second-order valence-electron chi connectivity index (χ2n) is 9.50. The lowest BCUT2D eigenvalue weighted by atomic mass is 10.2. The molecule has 0 N–H and O–H groups in total. The Morgan fingerprint density at radius 2 is 1.14 bits per heavy atom. The van der Waals surface area contributed by atoms with Crippen molar-refractivity contribution in [2.45, 2.75) is 78.4 Å². The maximum Gasteiger partial charge on any atom is 0.339 e. The molecule has 2 atom stereocenters. The highest BCUT2D eigenvalue weighted by atomic mass is 16.5. The SMILES string of the molecule is CCCC[C@@H](C)OC(=O)c1ccc(N2CCN(c3ccc(C(=O)O[C@H](C)CCCC)cn3)CC2)nc1. The Morgan fingerprint density at radius 3 is 1.44 bits per heavy atom. The minimum absolute atomic E-state index is 0.0899. The van der Waals surface area contributed by atoms with Crippen molar-refractivity contribution in [2.75, 3.05) is 36.0 Å². The summed E-state index contributed by atoms with van der Waals surface area (Å²) < 4.78 is 11.0. The van der Waals surface area contributed by atoms with Crippen LogP contribution in [-0.2, 0) is 9.47 Å². The number of hydrogen-bond donors (Lipinski definition) is 0. The molecule has 0 unspecified atom stereocenters. The minimum Gasteiger partial charge on any atom is -0.459 e. The van der Waals surface area contributed by atoms with Crippen molar-refractivity contribution in [3.63, 3.8) is 0 Å². The summed E-state index contributed by atoms with van der Waals surface area (Å²) in [6.45, 7) is 11.2. The normalized spacial score (nSPS) is 15.3. The van der Waals surface area contributed by atoms with Gasteiger partial charge in [0.2, 0.25) is 0 Å². The molecule has 2 aromatic rings. The summed E-state index contributed by atoms with van der Waals surface area (Å²) >= 11 is 0. The van der Waals surface area contributed by atoms with Gasteiger partial charge in [-0.05, 0) is 51.0 Å². The average molecular weight is 497 g/mol. The van der Waals surface area contributed by atoms with Crippen LogP contribution < -0.4 is 9.80 Å². The minimum atomic E-state index is -0.323. The molecule has 1 aliphatic heterocycles. The van der Waals surface area contributed by atoms with Gasteiger partial charge in [0.25, 0.3) is 0 Å². The number of carbonyl (C=O) groups is 2. The van der Waals surface area contributed by atoms with Crippen molar-refractivity contribution in [3.8, 4) is 0 Å². The summed E-state index contributed by atoms with van der Waals surface area (Å²) in [7, 11) is 0. The molecule has 0 spiro atoms. The molecule has 0 aliphatic carbocycles. The van der Waals surface area contributed by atoms with E-state index in [1.165, 1.54) is 0 Å². The number of unbranched alkanes of at least 4 members (excludes halogenated alkanes) is 2. The molecule has 0 saturated carbocycles. The van der Waals surface area contributed by atoms with E-state index in [1.54, 1.807) is 24.5 Å². The van der Waals surface area contributed by atoms with Crippen LogP contribution in [-0.4, -0.2) is 60.3 Å². The van der Waals surface area contributed by atoms with Crippen LogP contribution >= 0.6 is 0 Å². The van der Waals surface area contributed by atoms with Gasteiger partial charge >= 0.3 is 11.9 Å². The van der Waals surface area contributed by atoms with Crippen LogP contribution in [0, 0.1) is 0 Å². The third-order valence-electron chi connectivity index (χ3n) is 6.44. The fourth-order valence-corrected chi connectivity index (χ4v) is 4.15. The first-order valence-electron chi connectivity index (χ1n) is 13.2. The van der Waals surface area contributed by atoms with E-state index >= 15 is 0 Å². The number of carbonyl (C=O) groups excluding carboxylic acids is 2. The van der Waals surface area contributed by atoms with E-state index in [9.17, 15) is 9.59 Å². The van der Waals surface area contributed by atoms with Crippen LogP contribution in [0.4, 0.5) is 11.6 Å². The van der Waals surface area contributed by atoms with Gasteiger partial charge in [0.05, 0.1) is 23.3 Å². The molecule has 1 fully saturated rings. The molecular weight excluding hydrogens is 456 g/mol. The lowest BCUT2D eigenvalue weighted by Gasteiger charge is -2.36. The lowest BCUT2D eigenvalue weighted by Crippen LogP contribution is -2.47. The van der Waals surface area contributed by atoms with Gasteiger partial charge in [-0.25, -0.2) is 19.6 Å². The first kappa shape index (κ1) is 27.4. The monoisotopic (exact) mass is 496 g/mol. The standard InChI is InChI=1S/C28H40N4O4/c1-5-7-9-21(3)35-27(33)23-11-13-25(29-19-23)31-15-17-32(18-16-31)26-14-12-24(20-30-26)28(34)36-22(4)10-8-6-2/h11-14,19-22H,5-10,15-18H2,1-4H3/t21-,22-/m1/s1. The van der Waals surface area contributed by atoms with E-state index in [2.05, 4.69) is 33.6 Å². The Kier molecular flexibility index (Phi) is 10.5. The fraction of sp³-hybridized carbons (Fsp3) is 0.571. The predicted octanol–water partition coefficient (Wildman–Crippen LogP) is 5.27. The molecule has 0 radical (unpaired) electrons. The number of piperazine rings is 1. The number of pyridine rings is 2. The van der Waals surface area contributed by atoms with Crippen LogP contribution in [0.5, 0.6) is 0 Å². The van der Waals surface area contributed by atoms with Gasteiger partial charge in [-0.1, -0.05) is 39.5 Å². The lowest BCUT2D eigenvalue weighted by molar-refractivity contribution is 0.0309. The Morgan fingerprint density at radius 1 is 0.750 bits per heavy atom. The van der Waals surface area contributed by atoms with Crippen molar-refractivity contribution >= 4 is 23.6 Å². The van der Waals surface area contributed by atoms with E-state index in [-0.39, 0.29) is 24.1 Å². The van der Waals surface area contributed by atoms with E-state index in [0.717, 1.165) is 76.3 Å². The van der Waals surface area contributed by atoms with Gasteiger partial charge in [-0.3, -0.25) is 0 Å². The highest BCUT2D eigenvalue weighted by Gasteiger charge is 2.21. The van der Waals surface area contributed by atoms with Crippen LogP contribution in [0.3, 0.4) is 0 Å². The molecule has 8 heteroatoms. The van der Waals surface area contributed by atoms with Crippen molar-refractivity contribution < 1.29 is 19.1 Å². The molecule has 2 aromatic heterocycles. The van der Waals surface area contributed by atoms with Gasteiger partial charge < -0.3 is 19.3 Å². The van der Waals surface area contributed by atoms with Crippen molar-refractivity contribution in [1.29, 1.82) is 0 Å². The zero-order chi connectivity index (χ0) is 25.9. The molecule has 8 nitrogen and oxygen atoms in total. The number of aromatic nitrogens is 2. The highest BCUT2D eigenvalue weighted by molar-refractivity contribution is 5.89. The summed E-state index contributed by atoms with van der Waals surface area (Å²) in [5, 5.41) is 0. The number of nitrogens with zero attached hydrogens (tertiary/aromatic N) is 4. The largest absolute Gasteiger partial charge is 0.459 e. The van der Waals surface area contributed by atoms with Crippen LogP contribution in [0.15, 0.2) is 36.7 Å².